The third kappa shape index (κ3) is 7.72. The highest BCUT2D eigenvalue weighted by Gasteiger charge is 2.33. The maximum atomic E-state index is 13.4. The summed E-state index contributed by atoms with van der Waals surface area (Å²) >= 11 is 0. The summed E-state index contributed by atoms with van der Waals surface area (Å²) in [7, 11) is -0.354. The molecule has 1 aromatic carbocycles. The van der Waals surface area contributed by atoms with Crippen molar-refractivity contribution in [3.8, 4) is 0 Å². The molecular weight excluding hydrogens is 715 g/mol. The van der Waals surface area contributed by atoms with Gasteiger partial charge in [0.2, 0.25) is 17.8 Å². The molecule has 2 amide bonds. The second-order valence-corrected chi connectivity index (χ2v) is 16.7. The van der Waals surface area contributed by atoms with Crippen molar-refractivity contribution in [2.75, 3.05) is 45.2 Å². The maximum Gasteiger partial charge on any atom is 0.329 e. The van der Waals surface area contributed by atoms with E-state index in [0.717, 1.165) is 42.1 Å². The Labute approximate surface area is 313 Å². The van der Waals surface area contributed by atoms with Gasteiger partial charge in [-0.15, -0.1) is 0 Å². The molecule has 7 rings (SSSR count). The van der Waals surface area contributed by atoms with Crippen molar-refractivity contribution in [2.45, 2.75) is 88.8 Å². The molecule has 1 unspecified atom stereocenters. The van der Waals surface area contributed by atoms with Crippen LogP contribution in [0.25, 0.3) is 22.1 Å². The van der Waals surface area contributed by atoms with Crippen LogP contribution in [0.3, 0.4) is 0 Å². The third-order valence-corrected chi connectivity index (χ3v) is 13.1. The highest BCUT2D eigenvalue weighted by atomic mass is 32.2. The molecule has 0 radical (unpaired) electrons. The number of piperidine rings is 2. The van der Waals surface area contributed by atoms with Crippen LogP contribution in [0.4, 0.5) is 5.95 Å². The van der Waals surface area contributed by atoms with Crippen molar-refractivity contribution in [1.29, 1.82) is 0 Å². The van der Waals surface area contributed by atoms with E-state index in [2.05, 4.69) is 15.6 Å². The van der Waals surface area contributed by atoms with Crippen molar-refractivity contribution in [1.82, 2.24) is 37.6 Å². The topological polar surface area (TPSA) is 183 Å². The fourth-order valence-corrected chi connectivity index (χ4v) is 9.58. The molecule has 1 atom stereocenters. The zero-order valence-electron chi connectivity index (χ0n) is 30.9. The predicted molar refractivity (Wildman–Crippen MR) is 203 cm³/mol. The van der Waals surface area contributed by atoms with Crippen LogP contribution < -0.4 is 21.9 Å². The number of benzene rings is 1. The molecule has 17 heteroatoms. The van der Waals surface area contributed by atoms with E-state index < -0.39 is 22.2 Å². The number of aryl methyl sites for hydroxylation is 2. The molecule has 3 aromatic heterocycles. The molecule has 2 saturated heterocycles. The molecule has 1 aliphatic carbocycles. The molecule has 16 nitrogen and oxygen atoms in total. The lowest BCUT2D eigenvalue weighted by molar-refractivity contribution is -0.135. The number of anilines is 1. The molecule has 2 N–H and O–H groups in total. The van der Waals surface area contributed by atoms with E-state index in [1.165, 1.54) is 13.2 Å². The van der Waals surface area contributed by atoms with E-state index in [-0.39, 0.29) is 42.1 Å². The van der Waals surface area contributed by atoms with Crippen LogP contribution in [-0.4, -0.2) is 98.4 Å². The number of ether oxygens (including phenoxy) is 1. The minimum absolute atomic E-state index is 0.00470. The molecule has 5 heterocycles. The smallest absolute Gasteiger partial charge is 0.329 e. The van der Waals surface area contributed by atoms with E-state index in [0.29, 0.717) is 82.1 Å². The van der Waals surface area contributed by atoms with Gasteiger partial charge in [-0.3, -0.25) is 33.4 Å². The lowest BCUT2D eigenvalue weighted by Gasteiger charge is -2.34. The first kappa shape index (κ1) is 37.8. The van der Waals surface area contributed by atoms with Gasteiger partial charge in [-0.05, 0) is 69.1 Å². The Bertz CT molecular complexity index is 2250. The monoisotopic (exact) mass is 763 g/mol. The van der Waals surface area contributed by atoms with Crippen LogP contribution in [0, 0.1) is 0 Å². The number of carbonyl (C=O) groups excluding carboxylic acids is 2. The van der Waals surface area contributed by atoms with E-state index in [1.807, 2.05) is 22.8 Å². The molecule has 290 valence electrons. The van der Waals surface area contributed by atoms with Gasteiger partial charge in [0.05, 0.1) is 11.0 Å². The number of nitrogens with one attached hydrogen (secondary N) is 2. The van der Waals surface area contributed by atoms with Crippen molar-refractivity contribution >= 4 is 50.0 Å². The number of rotatable bonds is 14. The first-order valence-electron chi connectivity index (χ1n) is 19.0. The normalized spacial score (nSPS) is 19.4. The average molecular weight is 764 g/mol. The third-order valence-electron chi connectivity index (χ3n) is 11.1. The summed E-state index contributed by atoms with van der Waals surface area (Å²) in [6.07, 6.45) is 9.44. The van der Waals surface area contributed by atoms with E-state index in [9.17, 15) is 27.6 Å². The predicted octanol–water partition coefficient (Wildman–Crippen LogP) is 2.63. The zero-order valence-corrected chi connectivity index (χ0v) is 31.7. The molecule has 54 heavy (non-hydrogen) atoms. The van der Waals surface area contributed by atoms with Crippen molar-refractivity contribution < 1.29 is 22.7 Å². The Morgan fingerprint density at radius 1 is 0.963 bits per heavy atom. The van der Waals surface area contributed by atoms with Gasteiger partial charge < -0.3 is 10.1 Å². The van der Waals surface area contributed by atoms with Gasteiger partial charge in [0.25, 0.3) is 15.8 Å². The number of imide groups is 1. The van der Waals surface area contributed by atoms with Crippen LogP contribution in [-0.2, 0) is 38.0 Å². The van der Waals surface area contributed by atoms with Gasteiger partial charge in [-0.1, -0.05) is 25.0 Å². The lowest BCUT2D eigenvalue weighted by atomic mass is 10.0. The summed E-state index contributed by atoms with van der Waals surface area (Å²) < 4.78 is 40.4. The average Bonchev–Trinajstić information content (AvgIpc) is 3.78. The first-order chi connectivity index (χ1) is 26.0. The summed E-state index contributed by atoms with van der Waals surface area (Å²) in [5.41, 5.74) is 2.67. The van der Waals surface area contributed by atoms with Gasteiger partial charge in [-0.25, -0.2) is 9.78 Å². The number of amides is 2. The van der Waals surface area contributed by atoms with E-state index in [1.54, 1.807) is 37.0 Å². The number of para-hydroxylation sites is 1. The van der Waals surface area contributed by atoms with Gasteiger partial charge in [0.1, 0.15) is 11.7 Å². The van der Waals surface area contributed by atoms with Crippen molar-refractivity contribution in [3.05, 3.63) is 62.9 Å². The number of fused-ring (bicyclic) bond motifs is 2. The maximum absolute atomic E-state index is 13.4. The SMILES string of the molecule is CN(CCCOCCCc1cccc2c1n(C)c(=O)n2C1CCC(=O)NC1=O)S(=O)(=O)N1CCC(Nc2ncc3ccc(=O)n(C4CCCC4)c3n2)CC1. The molecule has 0 spiro atoms. The molecule has 0 bridgehead atoms. The zero-order chi connectivity index (χ0) is 38.0. The number of aromatic nitrogens is 5. The largest absolute Gasteiger partial charge is 0.381 e. The van der Waals surface area contributed by atoms with Crippen LogP contribution in [0.2, 0.25) is 0 Å². The van der Waals surface area contributed by atoms with Gasteiger partial charge >= 0.3 is 5.69 Å². The van der Waals surface area contributed by atoms with Crippen molar-refractivity contribution in [3.63, 3.8) is 0 Å². The number of nitrogens with zero attached hydrogens (tertiary/aromatic N) is 7. The van der Waals surface area contributed by atoms with E-state index >= 15 is 0 Å². The Balaban J connectivity index is 0.852. The number of imidazole rings is 1. The van der Waals surface area contributed by atoms with Crippen LogP contribution in [0.5, 0.6) is 0 Å². The minimum Gasteiger partial charge on any atom is -0.381 e. The van der Waals surface area contributed by atoms with Gasteiger partial charge in [0, 0.05) is 83.1 Å². The summed E-state index contributed by atoms with van der Waals surface area (Å²) in [6, 6.07) is 8.43. The quantitative estimate of drug-likeness (QED) is 0.143. The molecule has 1 saturated carbocycles. The molecule has 4 aromatic rings. The summed E-state index contributed by atoms with van der Waals surface area (Å²) in [6.45, 7) is 1.94. The first-order valence-corrected chi connectivity index (χ1v) is 20.4. The summed E-state index contributed by atoms with van der Waals surface area (Å²) in [4.78, 5) is 59.4. The molecule has 3 fully saturated rings. The number of hydrogen-bond donors (Lipinski definition) is 2. The van der Waals surface area contributed by atoms with Gasteiger partial charge in [-0.2, -0.15) is 22.0 Å². The number of hydrogen-bond acceptors (Lipinski definition) is 10. The summed E-state index contributed by atoms with van der Waals surface area (Å²) in [5, 5.41) is 6.55. The minimum atomic E-state index is -3.64. The number of carbonyl (C=O) groups is 2. The second-order valence-electron chi connectivity index (χ2n) is 14.6. The van der Waals surface area contributed by atoms with Crippen LogP contribution >= 0.6 is 0 Å². The van der Waals surface area contributed by atoms with Gasteiger partial charge in [0.15, 0.2) is 0 Å². The second kappa shape index (κ2) is 16.1. The fourth-order valence-electron chi connectivity index (χ4n) is 8.16. The molecule has 2 aliphatic heterocycles. The van der Waals surface area contributed by atoms with Crippen LogP contribution in [0.15, 0.2) is 46.1 Å². The Kier molecular flexibility index (Phi) is 11.3. The molecular formula is C37H49N9O7S. The highest BCUT2D eigenvalue weighted by Crippen LogP contribution is 2.31. The Morgan fingerprint density at radius 3 is 2.48 bits per heavy atom. The lowest BCUT2D eigenvalue weighted by Crippen LogP contribution is -2.48. The standard InChI is InChI=1S/C37H49N9O7S/c1-42(19-7-23-53-22-6-9-25-8-5-12-29-33(25)43(2)37(50)46(29)30-14-15-31(47)40-35(30)49)54(51,52)44-20-17-27(18-21-44)39-36-38-24-26-13-16-32(48)45(34(26)41-36)28-10-3-4-11-28/h5,8,12-13,16,24,27-28,30H,3-4,6-7,9-11,14-15,17-23H2,1-2H3,(H,38,39,41)(H,40,47,49). The highest BCUT2D eigenvalue weighted by molar-refractivity contribution is 7.86. The molecule has 3 aliphatic rings. The van der Waals surface area contributed by atoms with Crippen LogP contribution in [0.1, 0.15) is 81.9 Å². The Morgan fingerprint density at radius 2 is 1.72 bits per heavy atom. The summed E-state index contributed by atoms with van der Waals surface area (Å²) in [5.74, 6) is -0.340. The number of pyridine rings is 1. The van der Waals surface area contributed by atoms with Crippen molar-refractivity contribution in [2.24, 2.45) is 7.05 Å². The van der Waals surface area contributed by atoms with E-state index in [4.69, 9.17) is 9.72 Å². The fraction of sp³-hybridized carbons (Fsp3) is 0.568. The Hall–Kier alpha value is -4.45.